The van der Waals surface area contributed by atoms with E-state index in [-0.39, 0.29) is 17.1 Å². The minimum Gasteiger partial charge on any atom is -0.509 e. The molecule has 1 amide bonds. The Labute approximate surface area is 125 Å². The minimum atomic E-state index is -1.03. The van der Waals surface area contributed by atoms with Crippen molar-refractivity contribution in [2.24, 2.45) is 0 Å². The Kier molecular flexibility index (Phi) is 2.84. The number of rotatable bonds is 1. The number of Topliss-reactive ketones (excluding diaryl/α,β-unsaturated/α-hetero) is 1. The van der Waals surface area contributed by atoms with E-state index < -0.39 is 11.4 Å². The van der Waals surface area contributed by atoms with Crippen LogP contribution in [0.5, 0.6) is 0 Å². The van der Waals surface area contributed by atoms with Gasteiger partial charge in [0.05, 0.1) is 11.1 Å². The summed E-state index contributed by atoms with van der Waals surface area (Å²) >= 11 is 0. The number of nitrogens with one attached hydrogen (secondary N) is 1. The highest BCUT2D eigenvalue weighted by Gasteiger charge is 2.47. The number of amides is 1. The van der Waals surface area contributed by atoms with Crippen LogP contribution >= 0.6 is 0 Å². The standard InChI is InChI=1S/C17H19NO3/c1-10-3-4-11(2)13(9-10)14-15(20)17(18-16(14)21)7-5-12(19)6-8-17/h3-4,9,20H,5-8H2,1-2H3,(H,18,21)/i/hD. The molecule has 0 atom stereocenters. The predicted octanol–water partition coefficient (Wildman–Crippen LogP) is 2.58. The summed E-state index contributed by atoms with van der Waals surface area (Å²) in [5.41, 5.74) is 1.73. The summed E-state index contributed by atoms with van der Waals surface area (Å²) in [5.74, 6) is -0.409. The Morgan fingerprint density at radius 2 is 1.90 bits per heavy atom. The summed E-state index contributed by atoms with van der Waals surface area (Å²) in [4.78, 5) is 24.1. The second-order valence-corrected chi connectivity index (χ2v) is 6.03. The molecule has 0 saturated heterocycles. The quantitative estimate of drug-likeness (QED) is 0.834. The highest BCUT2D eigenvalue weighted by molar-refractivity contribution is 6.23. The van der Waals surface area contributed by atoms with Crippen molar-refractivity contribution in [3.05, 3.63) is 40.6 Å². The van der Waals surface area contributed by atoms with E-state index in [1.54, 1.807) is 0 Å². The van der Waals surface area contributed by atoms with Gasteiger partial charge in [0, 0.05) is 12.8 Å². The van der Waals surface area contributed by atoms with Gasteiger partial charge >= 0.3 is 0 Å². The Morgan fingerprint density at radius 1 is 1.24 bits per heavy atom. The van der Waals surface area contributed by atoms with E-state index in [2.05, 4.69) is 0 Å². The van der Waals surface area contributed by atoms with Gasteiger partial charge in [0.1, 0.15) is 11.5 Å². The van der Waals surface area contributed by atoms with Crippen LogP contribution in [0.25, 0.3) is 5.57 Å². The summed E-state index contributed by atoms with van der Waals surface area (Å²) < 4.78 is 8.15. The van der Waals surface area contributed by atoms with Crippen LogP contribution in [-0.2, 0) is 9.59 Å². The maximum Gasteiger partial charge on any atom is 0.256 e. The van der Waals surface area contributed by atoms with E-state index in [1.165, 1.54) is 0 Å². The molecule has 2 N–H and O–H groups in total. The number of ketones is 1. The van der Waals surface area contributed by atoms with Crippen LogP contribution in [-0.4, -0.2) is 22.3 Å². The zero-order valence-corrected chi connectivity index (χ0v) is 12.3. The first-order valence-electron chi connectivity index (χ1n) is 7.68. The van der Waals surface area contributed by atoms with Gasteiger partial charge in [0.25, 0.3) is 5.91 Å². The van der Waals surface area contributed by atoms with Crippen molar-refractivity contribution in [1.82, 2.24) is 5.31 Å². The number of hydrogen-bond acceptors (Lipinski definition) is 3. The number of carbonyl (C=O) groups is 2. The normalized spacial score (nSPS) is 22.2. The lowest BCUT2D eigenvalue weighted by Crippen LogP contribution is -2.47. The van der Waals surface area contributed by atoms with Crippen LogP contribution in [0.3, 0.4) is 0 Å². The van der Waals surface area contributed by atoms with Crippen LogP contribution in [0, 0.1) is 13.8 Å². The fourth-order valence-corrected chi connectivity index (χ4v) is 3.18. The summed E-state index contributed by atoms with van der Waals surface area (Å²) in [6.45, 7) is 3.81. The maximum absolute atomic E-state index is 12.6. The SMILES string of the molecule is [2H]N1C(=O)C(c2cc(C)ccc2C)=C(O)C12CCC(=O)CC2. The van der Waals surface area contributed by atoms with E-state index in [1.807, 2.05) is 32.0 Å². The molecule has 1 saturated carbocycles. The molecule has 1 aliphatic carbocycles. The summed E-state index contributed by atoms with van der Waals surface area (Å²) in [5, 5.41) is 11.6. The van der Waals surface area contributed by atoms with Crippen molar-refractivity contribution >= 4 is 17.3 Å². The zero-order valence-electron chi connectivity index (χ0n) is 13.3. The molecular weight excluding hydrogens is 266 g/mol. The Bertz CT molecular complexity index is 698. The van der Waals surface area contributed by atoms with Gasteiger partial charge in [-0.25, -0.2) is 0 Å². The monoisotopic (exact) mass is 286 g/mol. The summed E-state index contributed by atoms with van der Waals surface area (Å²) in [7, 11) is 0. The summed E-state index contributed by atoms with van der Waals surface area (Å²) in [6.07, 6.45) is 1.24. The van der Waals surface area contributed by atoms with E-state index in [4.69, 9.17) is 1.41 Å². The molecule has 110 valence electrons. The molecule has 2 aliphatic rings. The van der Waals surface area contributed by atoms with E-state index in [0.717, 1.165) is 16.4 Å². The van der Waals surface area contributed by atoms with Gasteiger partial charge in [-0.1, -0.05) is 23.8 Å². The number of carbonyl (C=O) groups excluding carboxylic acids is 2. The third-order valence-corrected chi connectivity index (χ3v) is 4.50. The third kappa shape index (κ3) is 2.15. The number of hydrogen-bond donors (Lipinski definition) is 2. The lowest BCUT2D eigenvalue weighted by atomic mass is 9.80. The topological polar surface area (TPSA) is 66.4 Å². The molecule has 0 bridgehead atoms. The fraction of sp³-hybridized carbons (Fsp3) is 0.412. The van der Waals surface area contributed by atoms with Crippen molar-refractivity contribution in [3.63, 3.8) is 0 Å². The van der Waals surface area contributed by atoms with Crippen LogP contribution in [0.2, 0.25) is 1.41 Å². The molecular formula is C17H19NO3. The number of benzene rings is 1. The molecule has 4 nitrogen and oxygen atoms in total. The van der Waals surface area contributed by atoms with Crippen LogP contribution in [0.15, 0.2) is 24.0 Å². The van der Waals surface area contributed by atoms with Crippen molar-refractivity contribution < 1.29 is 16.1 Å². The maximum atomic E-state index is 12.6. The van der Waals surface area contributed by atoms with Crippen LogP contribution in [0.4, 0.5) is 0 Å². The van der Waals surface area contributed by atoms with Crippen molar-refractivity contribution in [1.29, 1.82) is 0 Å². The molecule has 1 aromatic rings. The van der Waals surface area contributed by atoms with Gasteiger partial charge in [0.15, 0.2) is 1.41 Å². The van der Waals surface area contributed by atoms with E-state index in [9.17, 15) is 14.7 Å². The van der Waals surface area contributed by atoms with Crippen molar-refractivity contribution in [3.8, 4) is 0 Å². The molecule has 4 heteroatoms. The molecule has 3 rings (SSSR count). The Hall–Kier alpha value is -2.10. The highest BCUT2D eigenvalue weighted by Crippen LogP contribution is 2.41. The molecule has 1 heterocycles. The lowest BCUT2D eigenvalue weighted by Gasteiger charge is -2.32. The van der Waals surface area contributed by atoms with E-state index in [0.29, 0.717) is 31.2 Å². The van der Waals surface area contributed by atoms with Gasteiger partial charge in [-0.2, -0.15) is 0 Å². The summed E-state index contributed by atoms with van der Waals surface area (Å²) in [6, 6.07) is 5.71. The largest absolute Gasteiger partial charge is 0.509 e. The molecule has 1 spiro atoms. The molecule has 1 aromatic carbocycles. The van der Waals surface area contributed by atoms with Crippen molar-refractivity contribution in [2.45, 2.75) is 45.1 Å². The van der Waals surface area contributed by atoms with Crippen molar-refractivity contribution in [2.75, 3.05) is 0 Å². The van der Waals surface area contributed by atoms with Gasteiger partial charge in [0.2, 0.25) is 0 Å². The van der Waals surface area contributed by atoms with Crippen LogP contribution < -0.4 is 5.31 Å². The first-order valence-corrected chi connectivity index (χ1v) is 7.23. The number of aliphatic hydroxyl groups is 1. The second kappa shape index (κ2) is 4.72. The minimum absolute atomic E-state index is 0.0475. The molecule has 0 radical (unpaired) electrons. The molecule has 1 aliphatic heterocycles. The third-order valence-electron chi connectivity index (χ3n) is 4.50. The predicted molar refractivity (Wildman–Crippen MR) is 79.8 cm³/mol. The van der Waals surface area contributed by atoms with Gasteiger partial charge in [-0.15, -0.1) is 0 Å². The molecule has 0 unspecified atom stereocenters. The van der Waals surface area contributed by atoms with Gasteiger partial charge < -0.3 is 10.4 Å². The Morgan fingerprint density at radius 3 is 2.57 bits per heavy atom. The molecule has 21 heavy (non-hydrogen) atoms. The van der Waals surface area contributed by atoms with Gasteiger partial charge in [-0.05, 0) is 37.8 Å². The Balaban J connectivity index is 2.14. The molecule has 1 fully saturated rings. The second-order valence-electron chi connectivity index (χ2n) is 6.03. The first kappa shape index (κ1) is 12.6. The average molecular weight is 286 g/mol. The fourth-order valence-electron chi connectivity index (χ4n) is 3.18. The number of aliphatic hydroxyl groups excluding tert-OH is 1. The smallest absolute Gasteiger partial charge is 0.256 e. The zero-order chi connectivity index (χ0) is 16.1. The number of aryl methyl sites for hydroxylation is 2. The van der Waals surface area contributed by atoms with E-state index >= 15 is 0 Å². The first-order chi connectivity index (χ1) is 10.4. The highest BCUT2D eigenvalue weighted by atomic mass is 16.3. The lowest BCUT2D eigenvalue weighted by molar-refractivity contribution is -0.123. The molecule has 0 aromatic heterocycles. The van der Waals surface area contributed by atoms with Gasteiger partial charge in [-0.3, -0.25) is 9.59 Å². The van der Waals surface area contributed by atoms with Crippen LogP contribution in [0.1, 0.15) is 42.4 Å². The average Bonchev–Trinajstić information content (AvgIpc) is 2.67.